The van der Waals surface area contributed by atoms with E-state index in [2.05, 4.69) is 5.10 Å². The van der Waals surface area contributed by atoms with Gasteiger partial charge in [-0.25, -0.2) is 9.48 Å². The van der Waals surface area contributed by atoms with Crippen LogP contribution in [-0.2, 0) is 22.5 Å². The third-order valence-electron chi connectivity index (χ3n) is 5.30. The maximum Gasteiger partial charge on any atom is 0.359 e. The first kappa shape index (κ1) is 19.8. The van der Waals surface area contributed by atoms with Crippen molar-refractivity contribution in [3.05, 3.63) is 70.1 Å². The Labute approximate surface area is 173 Å². The summed E-state index contributed by atoms with van der Waals surface area (Å²) in [7, 11) is 0. The lowest BCUT2D eigenvalue weighted by molar-refractivity contribution is -0.122. The Hall–Kier alpha value is -3.48. The third kappa shape index (κ3) is 3.47. The van der Waals surface area contributed by atoms with Gasteiger partial charge in [0, 0.05) is 23.7 Å². The molecule has 0 unspecified atom stereocenters. The first-order valence-corrected chi connectivity index (χ1v) is 10.1. The van der Waals surface area contributed by atoms with Gasteiger partial charge in [0.05, 0.1) is 5.39 Å². The number of rotatable bonds is 5. The molecule has 0 N–H and O–H groups in total. The molecule has 1 aliphatic rings. The Balaban J connectivity index is 1.58. The smallest absolute Gasteiger partial charge is 0.359 e. The monoisotopic (exact) mass is 405 g/mol. The molecule has 7 nitrogen and oxygen atoms in total. The summed E-state index contributed by atoms with van der Waals surface area (Å²) in [5.41, 5.74) is 1.75. The van der Waals surface area contributed by atoms with Crippen molar-refractivity contribution in [1.29, 1.82) is 0 Å². The van der Waals surface area contributed by atoms with Crippen molar-refractivity contribution in [2.45, 2.75) is 39.3 Å². The summed E-state index contributed by atoms with van der Waals surface area (Å²) in [6.07, 6.45) is 1.47. The lowest BCUT2D eigenvalue weighted by Crippen LogP contribution is -2.39. The minimum absolute atomic E-state index is 0.000911. The van der Waals surface area contributed by atoms with Gasteiger partial charge in [-0.1, -0.05) is 43.3 Å². The largest absolute Gasteiger partial charge is 0.451 e. The fraction of sp³-hybridized carbons (Fsp3) is 0.304. The number of aryl methyl sites for hydroxylation is 1. The fourth-order valence-corrected chi connectivity index (χ4v) is 3.96. The van der Waals surface area contributed by atoms with Crippen LogP contribution in [0.3, 0.4) is 0 Å². The van der Waals surface area contributed by atoms with Crippen LogP contribution in [0.25, 0.3) is 10.8 Å². The molecule has 0 saturated carbocycles. The van der Waals surface area contributed by atoms with E-state index in [0.29, 0.717) is 23.7 Å². The molecule has 0 radical (unpaired) electrons. The van der Waals surface area contributed by atoms with E-state index in [1.54, 1.807) is 29.2 Å². The molecule has 4 rings (SSSR count). The molecule has 2 aromatic carbocycles. The Bertz CT molecular complexity index is 1180. The Morgan fingerprint density at radius 1 is 1.10 bits per heavy atom. The molecule has 0 aliphatic carbocycles. The van der Waals surface area contributed by atoms with Gasteiger partial charge in [-0.2, -0.15) is 5.10 Å². The summed E-state index contributed by atoms with van der Waals surface area (Å²) >= 11 is 0. The van der Waals surface area contributed by atoms with Gasteiger partial charge in [-0.15, -0.1) is 0 Å². The Morgan fingerprint density at radius 2 is 1.80 bits per heavy atom. The number of hydrogen-bond donors (Lipinski definition) is 0. The topological polar surface area (TPSA) is 81.5 Å². The average molecular weight is 405 g/mol. The number of benzene rings is 2. The zero-order chi connectivity index (χ0) is 21.3. The molecule has 0 spiro atoms. The van der Waals surface area contributed by atoms with Crippen LogP contribution in [0.5, 0.6) is 0 Å². The number of esters is 1. The molecule has 1 atom stereocenters. The van der Waals surface area contributed by atoms with E-state index in [9.17, 15) is 14.4 Å². The second-order valence-electron chi connectivity index (χ2n) is 7.44. The highest BCUT2D eigenvalue weighted by molar-refractivity contribution is 6.04. The number of amides is 1. The van der Waals surface area contributed by atoms with Gasteiger partial charge in [0.1, 0.15) is 0 Å². The molecule has 1 amide bonds. The third-order valence-corrected chi connectivity index (χ3v) is 5.30. The van der Waals surface area contributed by atoms with E-state index < -0.39 is 5.97 Å². The van der Waals surface area contributed by atoms with Gasteiger partial charge in [0.25, 0.3) is 11.5 Å². The summed E-state index contributed by atoms with van der Waals surface area (Å²) in [5, 5.41) is 5.05. The Kier molecular flexibility index (Phi) is 5.35. The molecule has 1 aliphatic heterocycles. The fourth-order valence-electron chi connectivity index (χ4n) is 3.96. The van der Waals surface area contributed by atoms with Gasteiger partial charge in [-0.05, 0) is 37.5 Å². The van der Waals surface area contributed by atoms with Gasteiger partial charge < -0.3 is 9.64 Å². The lowest BCUT2D eigenvalue weighted by Gasteiger charge is -2.22. The van der Waals surface area contributed by atoms with Crippen LogP contribution in [0.15, 0.2) is 53.3 Å². The number of fused-ring (bicyclic) bond motifs is 2. The molecule has 0 bridgehead atoms. The van der Waals surface area contributed by atoms with Crippen molar-refractivity contribution in [2.75, 3.05) is 11.5 Å². The summed E-state index contributed by atoms with van der Waals surface area (Å²) in [6.45, 7) is 3.90. The second kappa shape index (κ2) is 8.10. The molecular formula is C23H23N3O4. The summed E-state index contributed by atoms with van der Waals surface area (Å²) in [5.74, 6) is -1.00. The molecule has 0 saturated heterocycles. The second-order valence-corrected chi connectivity index (χ2v) is 7.44. The molecule has 30 heavy (non-hydrogen) atoms. The van der Waals surface area contributed by atoms with Crippen LogP contribution >= 0.6 is 0 Å². The van der Waals surface area contributed by atoms with E-state index in [1.165, 1.54) is 4.68 Å². The molecule has 3 aromatic rings. The van der Waals surface area contributed by atoms with Crippen molar-refractivity contribution in [3.63, 3.8) is 0 Å². The molecule has 0 fully saturated rings. The number of anilines is 1. The number of carbonyl (C=O) groups excluding carboxylic acids is 2. The number of nitrogens with zero attached hydrogens (tertiary/aromatic N) is 3. The average Bonchev–Trinajstić information content (AvgIpc) is 3.09. The highest BCUT2D eigenvalue weighted by Gasteiger charge is 2.31. The normalized spacial score (nSPS) is 15.3. The predicted molar refractivity (Wildman–Crippen MR) is 114 cm³/mol. The van der Waals surface area contributed by atoms with Crippen LogP contribution < -0.4 is 10.5 Å². The molecule has 1 aromatic heterocycles. The molecular weight excluding hydrogens is 382 g/mol. The number of ether oxygens (including phenoxy) is 1. The van der Waals surface area contributed by atoms with Crippen LogP contribution in [0.1, 0.15) is 36.3 Å². The highest BCUT2D eigenvalue weighted by Crippen LogP contribution is 2.31. The van der Waals surface area contributed by atoms with Crippen molar-refractivity contribution in [2.24, 2.45) is 0 Å². The van der Waals surface area contributed by atoms with Crippen molar-refractivity contribution >= 4 is 28.3 Å². The van der Waals surface area contributed by atoms with E-state index >= 15 is 0 Å². The minimum atomic E-state index is -0.718. The number of carbonyl (C=O) groups is 2. The lowest BCUT2D eigenvalue weighted by atomic mass is 10.1. The maximum atomic E-state index is 12.8. The zero-order valence-electron chi connectivity index (χ0n) is 17.0. The molecule has 2 heterocycles. The Morgan fingerprint density at radius 3 is 2.57 bits per heavy atom. The maximum absolute atomic E-state index is 12.8. The first-order valence-electron chi connectivity index (χ1n) is 10.1. The van der Waals surface area contributed by atoms with E-state index in [-0.39, 0.29) is 29.8 Å². The first-order chi connectivity index (χ1) is 14.5. The minimum Gasteiger partial charge on any atom is -0.451 e. The number of hydrogen-bond acceptors (Lipinski definition) is 5. The summed E-state index contributed by atoms with van der Waals surface area (Å²) in [6, 6.07) is 14.5. The zero-order valence-corrected chi connectivity index (χ0v) is 17.0. The number of aromatic nitrogens is 2. The number of para-hydroxylation sites is 1. The van der Waals surface area contributed by atoms with E-state index in [1.807, 2.05) is 38.1 Å². The van der Waals surface area contributed by atoms with Crippen molar-refractivity contribution in [1.82, 2.24) is 9.78 Å². The predicted octanol–water partition coefficient (Wildman–Crippen LogP) is 2.94. The van der Waals surface area contributed by atoms with E-state index in [4.69, 9.17) is 4.74 Å². The quantitative estimate of drug-likeness (QED) is 0.610. The highest BCUT2D eigenvalue weighted by atomic mass is 16.5. The molecule has 154 valence electrons. The standard InChI is InChI=1S/C23H23N3O4/c1-3-12-25-22(28)18-10-6-5-9-17(18)21(24-25)23(29)30-14-20(27)26-15(2)13-16-8-4-7-11-19(16)26/h4-11,15H,3,12-14H2,1-2H3/t15-/m0/s1. The van der Waals surface area contributed by atoms with Crippen LogP contribution in [0, 0.1) is 0 Å². The van der Waals surface area contributed by atoms with Crippen LogP contribution in [-0.4, -0.2) is 34.3 Å². The van der Waals surface area contributed by atoms with E-state index in [0.717, 1.165) is 17.7 Å². The molecule has 7 heteroatoms. The summed E-state index contributed by atoms with van der Waals surface area (Å²) in [4.78, 5) is 39.9. The summed E-state index contributed by atoms with van der Waals surface area (Å²) < 4.78 is 6.62. The van der Waals surface area contributed by atoms with Crippen molar-refractivity contribution in [3.8, 4) is 0 Å². The van der Waals surface area contributed by atoms with Gasteiger partial charge in [0.15, 0.2) is 12.3 Å². The van der Waals surface area contributed by atoms with Gasteiger partial charge in [0.2, 0.25) is 0 Å². The van der Waals surface area contributed by atoms with Gasteiger partial charge >= 0.3 is 5.97 Å². The van der Waals surface area contributed by atoms with Crippen LogP contribution in [0.2, 0.25) is 0 Å². The van der Waals surface area contributed by atoms with Crippen LogP contribution in [0.4, 0.5) is 5.69 Å². The van der Waals surface area contributed by atoms with Gasteiger partial charge in [-0.3, -0.25) is 9.59 Å². The SMILES string of the molecule is CCCn1nc(C(=O)OCC(=O)N2c3ccccc3C[C@@H]2C)c2ccccc2c1=O. The van der Waals surface area contributed by atoms with Crippen molar-refractivity contribution < 1.29 is 14.3 Å².